The zero-order valence-corrected chi connectivity index (χ0v) is 15.2. The highest BCUT2D eigenvalue weighted by Gasteiger charge is 2.39. The Kier molecular flexibility index (Phi) is 5.48. The lowest BCUT2D eigenvalue weighted by atomic mass is 9.95. The van der Waals surface area contributed by atoms with Gasteiger partial charge in [0, 0.05) is 22.8 Å². The van der Waals surface area contributed by atoms with E-state index >= 15 is 0 Å². The Hall–Kier alpha value is -1.73. The Labute approximate surface area is 158 Å². The third-order valence-corrected chi connectivity index (χ3v) is 4.87. The number of nitrogens with zero attached hydrogens (tertiary/aromatic N) is 2. The molecule has 1 amide bonds. The zero-order valence-electron chi connectivity index (χ0n) is 13.7. The monoisotopic (exact) mass is 405 g/mol. The molecule has 0 aliphatic heterocycles. The molecule has 140 valence electrons. The van der Waals surface area contributed by atoms with Gasteiger partial charge < -0.3 is 5.32 Å². The first-order valence-electron chi connectivity index (χ1n) is 8.16. The van der Waals surface area contributed by atoms with Gasteiger partial charge in [0.1, 0.15) is 0 Å². The molecular formula is C17H16Cl2F3N3O. The summed E-state index contributed by atoms with van der Waals surface area (Å²) in [6.45, 7) is 0.287. The molecule has 1 aliphatic carbocycles. The van der Waals surface area contributed by atoms with E-state index in [0.29, 0.717) is 23.6 Å². The number of hydrogen-bond acceptors (Lipinski definition) is 2. The third-order valence-electron chi connectivity index (χ3n) is 4.31. The summed E-state index contributed by atoms with van der Waals surface area (Å²) in [6, 6.07) is 4.52. The highest BCUT2D eigenvalue weighted by atomic mass is 35.5. The Morgan fingerprint density at radius 2 is 1.96 bits per heavy atom. The van der Waals surface area contributed by atoms with Crippen molar-refractivity contribution in [3.8, 4) is 0 Å². The van der Waals surface area contributed by atoms with E-state index in [-0.39, 0.29) is 29.2 Å². The molecule has 1 aliphatic rings. The maximum absolute atomic E-state index is 13.2. The smallest absolute Gasteiger partial charge is 0.350 e. The van der Waals surface area contributed by atoms with Crippen LogP contribution >= 0.6 is 23.2 Å². The van der Waals surface area contributed by atoms with Crippen LogP contribution in [0.2, 0.25) is 10.0 Å². The maximum Gasteiger partial charge on any atom is 0.435 e. The van der Waals surface area contributed by atoms with Crippen LogP contribution in [0.25, 0.3) is 0 Å². The van der Waals surface area contributed by atoms with Gasteiger partial charge in [0.25, 0.3) is 5.91 Å². The van der Waals surface area contributed by atoms with Crippen molar-refractivity contribution in [2.75, 3.05) is 6.54 Å². The van der Waals surface area contributed by atoms with Crippen molar-refractivity contribution in [3.63, 3.8) is 0 Å². The molecule has 1 heterocycles. The Morgan fingerprint density at radius 1 is 1.23 bits per heavy atom. The predicted molar refractivity (Wildman–Crippen MR) is 92.7 cm³/mol. The molecule has 3 rings (SSSR count). The first-order valence-corrected chi connectivity index (χ1v) is 8.92. The van der Waals surface area contributed by atoms with Crippen molar-refractivity contribution in [3.05, 3.63) is 50.8 Å². The number of carbonyl (C=O) groups excluding carboxylic acids is 1. The number of nitrogens with one attached hydrogen (secondary N) is 1. The molecule has 0 fully saturated rings. The normalized spacial score (nSPS) is 14.2. The Bertz CT molecular complexity index is 833. The summed E-state index contributed by atoms with van der Waals surface area (Å²) in [7, 11) is 0. The summed E-state index contributed by atoms with van der Waals surface area (Å²) in [5.41, 5.74) is 0.306. The molecule has 1 aromatic carbocycles. The van der Waals surface area contributed by atoms with Gasteiger partial charge in [-0.05, 0) is 43.9 Å². The lowest BCUT2D eigenvalue weighted by molar-refractivity contribution is -0.142. The van der Waals surface area contributed by atoms with Gasteiger partial charge in [0.05, 0.1) is 17.1 Å². The van der Waals surface area contributed by atoms with Crippen molar-refractivity contribution < 1.29 is 18.0 Å². The zero-order chi connectivity index (χ0) is 18.9. The first-order chi connectivity index (χ1) is 12.3. The second-order valence-corrected chi connectivity index (χ2v) is 6.93. The number of carbonyl (C=O) groups is 1. The van der Waals surface area contributed by atoms with Crippen molar-refractivity contribution in [1.82, 2.24) is 15.1 Å². The quantitative estimate of drug-likeness (QED) is 0.812. The highest BCUT2D eigenvalue weighted by molar-refractivity contribution is 6.35. The minimum Gasteiger partial charge on any atom is -0.350 e. The van der Waals surface area contributed by atoms with Gasteiger partial charge in [-0.1, -0.05) is 23.2 Å². The number of hydrogen-bond donors (Lipinski definition) is 1. The molecule has 0 radical (unpaired) electrons. The van der Waals surface area contributed by atoms with Crippen LogP contribution in [-0.2, 0) is 25.6 Å². The molecule has 0 unspecified atom stereocenters. The molecule has 0 atom stereocenters. The van der Waals surface area contributed by atoms with Crippen LogP contribution in [0.15, 0.2) is 18.2 Å². The van der Waals surface area contributed by atoms with Crippen molar-refractivity contribution in [2.45, 2.75) is 38.4 Å². The van der Waals surface area contributed by atoms with Crippen LogP contribution in [0.4, 0.5) is 13.2 Å². The van der Waals surface area contributed by atoms with E-state index in [2.05, 4.69) is 10.4 Å². The largest absolute Gasteiger partial charge is 0.435 e. The van der Waals surface area contributed by atoms with Crippen LogP contribution in [-0.4, -0.2) is 22.2 Å². The molecular weight excluding hydrogens is 390 g/mol. The van der Waals surface area contributed by atoms with Gasteiger partial charge >= 0.3 is 6.18 Å². The average molecular weight is 406 g/mol. The summed E-state index contributed by atoms with van der Waals surface area (Å²) >= 11 is 11.8. The summed E-state index contributed by atoms with van der Waals surface area (Å²) < 4.78 is 40.9. The van der Waals surface area contributed by atoms with Crippen LogP contribution in [0.1, 0.15) is 40.2 Å². The van der Waals surface area contributed by atoms with Gasteiger partial charge in [-0.2, -0.15) is 18.3 Å². The van der Waals surface area contributed by atoms with E-state index in [1.165, 1.54) is 16.8 Å². The first kappa shape index (κ1) is 19.0. The summed E-state index contributed by atoms with van der Waals surface area (Å²) in [5.74, 6) is -0.436. The van der Waals surface area contributed by atoms with Crippen molar-refractivity contribution in [1.29, 1.82) is 0 Å². The maximum atomic E-state index is 13.2. The Balaban J connectivity index is 1.71. The van der Waals surface area contributed by atoms with Crippen molar-refractivity contribution >= 4 is 29.1 Å². The number of fused-ring (bicyclic) bond motifs is 1. The summed E-state index contributed by atoms with van der Waals surface area (Å²) in [4.78, 5) is 12.2. The second-order valence-electron chi connectivity index (χ2n) is 6.08. The van der Waals surface area contributed by atoms with Gasteiger partial charge in [-0.25, -0.2) is 0 Å². The lowest BCUT2D eigenvalue weighted by Gasteiger charge is -2.15. The highest BCUT2D eigenvalue weighted by Crippen LogP contribution is 2.35. The predicted octanol–water partition coefficient (Wildman–Crippen LogP) is 4.52. The summed E-state index contributed by atoms with van der Waals surface area (Å²) in [6.07, 6.45) is -1.96. The molecule has 0 spiro atoms. The van der Waals surface area contributed by atoms with Crippen LogP contribution in [0.5, 0.6) is 0 Å². The fourth-order valence-corrected chi connectivity index (χ4v) is 3.50. The number of halogens is 5. The lowest BCUT2D eigenvalue weighted by Crippen LogP contribution is -2.28. The van der Waals surface area contributed by atoms with Gasteiger partial charge in [0.15, 0.2) is 5.69 Å². The molecule has 9 heteroatoms. The fraction of sp³-hybridized carbons (Fsp3) is 0.412. The number of rotatable bonds is 4. The molecule has 1 N–H and O–H groups in total. The molecule has 2 aromatic rings. The SMILES string of the molecule is O=C(NCCn1nc(C(F)(F)F)c2c1CCCC2)c1cc(Cl)ccc1Cl. The number of amides is 1. The molecule has 0 bridgehead atoms. The minimum atomic E-state index is -4.47. The Morgan fingerprint density at radius 3 is 2.69 bits per heavy atom. The van der Waals surface area contributed by atoms with Crippen LogP contribution in [0, 0.1) is 0 Å². The van der Waals surface area contributed by atoms with E-state index in [9.17, 15) is 18.0 Å². The van der Waals surface area contributed by atoms with Gasteiger partial charge in [0.2, 0.25) is 0 Å². The fourth-order valence-electron chi connectivity index (χ4n) is 3.13. The van der Waals surface area contributed by atoms with Crippen LogP contribution < -0.4 is 5.32 Å². The van der Waals surface area contributed by atoms with E-state index in [4.69, 9.17) is 23.2 Å². The second kappa shape index (κ2) is 7.48. The number of alkyl halides is 3. The van der Waals surface area contributed by atoms with E-state index in [1.54, 1.807) is 6.07 Å². The molecule has 1 aromatic heterocycles. The number of benzene rings is 1. The molecule has 0 saturated carbocycles. The van der Waals surface area contributed by atoms with Crippen LogP contribution in [0.3, 0.4) is 0 Å². The standard InChI is InChI=1S/C17H16Cl2F3N3O/c18-10-5-6-13(19)12(9-10)16(26)23-7-8-25-14-4-2-1-3-11(14)15(24-25)17(20,21)22/h5-6,9H,1-4,7-8H2,(H,23,26). The average Bonchev–Trinajstić information content (AvgIpc) is 2.96. The third kappa shape index (κ3) is 3.99. The minimum absolute atomic E-state index is 0.132. The number of aromatic nitrogens is 2. The van der Waals surface area contributed by atoms with Gasteiger partial charge in [-0.3, -0.25) is 9.48 Å². The summed E-state index contributed by atoms with van der Waals surface area (Å²) in [5, 5.41) is 7.03. The topological polar surface area (TPSA) is 46.9 Å². The molecule has 4 nitrogen and oxygen atoms in total. The molecule has 26 heavy (non-hydrogen) atoms. The van der Waals surface area contributed by atoms with Crippen molar-refractivity contribution in [2.24, 2.45) is 0 Å². The van der Waals surface area contributed by atoms with E-state index in [1.807, 2.05) is 0 Å². The van der Waals surface area contributed by atoms with E-state index < -0.39 is 17.8 Å². The molecule has 0 saturated heterocycles. The van der Waals surface area contributed by atoms with Gasteiger partial charge in [-0.15, -0.1) is 0 Å². The van der Waals surface area contributed by atoms with E-state index in [0.717, 1.165) is 12.8 Å².